The topological polar surface area (TPSA) is 93.1 Å². The average molecular weight is 164 g/mol. The summed E-state index contributed by atoms with van der Waals surface area (Å²) < 4.78 is 4.23. The molecule has 0 heterocycles. The summed E-state index contributed by atoms with van der Waals surface area (Å²) in [4.78, 5) is 23.9. The number of esters is 1. The van der Waals surface area contributed by atoms with Gasteiger partial charge in [0.15, 0.2) is 6.10 Å². The Hall–Kier alpha value is -1.14. The summed E-state index contributed by atoms with van der Waals surface area (Å²) in [5, 5.41) is 15.9. The number of aliphatic hydroxyl groups is 1. The lowest BCUT2D eigenvalue weighted by Gasteiger charge is -2.07. The predicted octanol–water partition coefficient (Wildman–Crippen LogP) is -1.07. The van der Waals surface area contributed by atoms with Gasteiger partial charge < -0.3 is 9.84 Å². The monoisotopic (exact) mass is 164 g/mol. The zero-order chi connectivity index (χ0) is 8.85. The van der Waals surface area contributed by atoms with Crippen LogP contribution in [0.15, 0.2) is 0 Å². The van der Waals surface area contributed by atoms with Crippen LogP contribution in [0.25, 0.3) is 0 Å². The Labute approximate surface area is 62.3 Å². The summed E-state index contributed by atoms with van der Waals surface area (Å²) in [7, 11) is 0. The Kier molecular flexibility index (Phi) is 4.16. The maximum Gasteiger partial charge on any atom is 0.381 e. The Morgan fingerprint density at radius 2 is 2.09 bits per heavy atom. The van der Waals surface area contributed by atoms with E-state index < -0.39 is 24.6 Å². The zero-order valence-electron chi connectivity index (χ0n) is 5.81. The van der Waals surface area contributed by atoms with Gasteiger partial charge in [0.05, 0.1) is 0 Å². The first-order chi connectivity index (χ1) is 5.11. The van der Waals surface area contributed by atoms with Crippen LogP contribution in [0.5, 0.6) is 0 Å². The molecule has 0 saturated carbocycles. The van der Waals surface area contributed by atoms with Gasteiger partial charge in [-0.1, -0.05) is 0 Å². The van der Waals surface area contributed by atoms with Crippen LogP contribution in [0.1, 0.15) is 6.92 Å². The molecule has 0 fully saturated rings. The van der Waals surface area contributed by atoms with Crippen LogP contribution < -0.4 is 0 Å². The van der Waals surface area contributed by atoms with Crippen molar-refractivity contribution in [1.82, 2.24) is 0 Å². The summed E-state index contributed by atoms with van der Waals surface area (Å²) in [6.45, 7) is 0.384. The van der Waals surface area contributed by atoms with Gasteiger partial charge in [-0.25, -0.2) is 9.59 Å². The van der Waals surface area contributed by atoms with Gasteiger partial charge in [0, 0.05) is 0 Å². The van der Waals surface area contributed by atoms with Crippen LogP contribution in [0.2, 0.25) is 0 Å². The minimum atomic E-state index is -1.21. The second kappa shape index (κ2) is 4.64. The lowest BCUT2D eigenvalue weighted by molar-refractivity contribution is -0.243. The van der Waals surface area contributed by atoms with E-state index in [0.29, 0.717) is 0 Å². The van der Waals surface area contributed by atoms with Crippen LogP contribution in [0, 0.1) is 0 Å². The lowest BCUT2D eigenvalue weighted by atomic mass is 10.4. The fraction of sp³-hybridized carbons (Fsp3) is 0.600. The Balaban J connectivity index is 3.77. The van der Waals surface area contributed by atoms with Crippen molar-refractivity contribution in [3.8, 4) is 0 Å². The minimum absolute atomic E-state index is 0.816. The van der Waals surface area contributed by atoms with Gasteiger partial charge >= 0.3 is 11.9 Å². The van der Waals surface area contributed by atoms with Crippen LogP contribution in [0.4, 0.5) is 0 Å². The van der Waals surface area contributed by atoms with Crippen molar-refractivity contribution in [3.05, 3.63) is 0 Å². The smallest absolute Gasteiger partial charge is 0.381 e. The van der Waals surface area contributed by atoms with Crippen LogP contribution in [0.3, 0.4) is 0 Å². The maximum atomic E-state index is 10.3. The van der Waals surface area contributed by atoms with E-state index in [9.17, 15) is 9.59 Å². The molecular weight excluding hydrogens is 156 g/mol. The van der Waals surface area contributed by atoms with E-state index >= 15 is 0 Å². The average Bonchev–Trinajstić information content (AvgIpc) is 2.02. The molecule has 6 nitrogen and oxygen atoms in total. The molecule has 0 amide bonds. The first kappa shape index (κ1) is 9.86. The third kappa shape index (κ3) is 3.54. The molecular formula is C5H8O6. The Morgan fingerprint density at radius 3 is 2.45 bits per heavy atom. The summed E-state index contributed by atoms with van der Waals surface area (Å²) in [5.74, 6) is -2.05. The molecule has 0 radical (unpaired) electrons. The van der Waals surface area contributed by atoms with E-state index in [2.05, 4.69) is 9.62 Å². The molecule has 11 heavy (non-hydrogen) atoms. The molecule has 0 aliphatic carbocycles. The van der Waals surface area contributed by atoms with E-state index in [1.54, 1.807) is 0 Å². The number of carbonyl (C=O) groups excluding carboxylic acids is 2. The zero-order valence-corrected chi connectivity index (χ0v) is 5.81. The minimum Gasteiger partial charge on any atom is -0.449 e. The van der Waals surface area contributed by atoms with Crippen molar-refractivity contribution in [3.63, 3.8) is 0 Å². The van der Waals surface area contributed by atoms with Gasteiger partial charge in [-0.2, -0.15) is 5.26 Å². The number of rotatable bonds is 3. The number of hydrogen-bond acceptors (Lipinski definition) is 6. The van der Waals surface area contributed by atoms with E-state index in [-0.39, 0.29) is 0 Å². The summed E-state index contributed by atoms with van der Waals surface area (Å²) in [6, 6.07) is 0. The van der Waals surface area contributed by atoms with Gasteiger partial charge in [0.1, 0.15) is 6.61 Å². The number of ether oxygens (including phenoxy) is 1. The number of aliphatic hydroxyl groups excluding tert-OH is 1. The molecule has 0 saturated heterocycles. The highest BCUT2D eigenvalue weighted by Gasteiger charge is 2.18. The molecule has 1 atom stereocenters. The molecule has 0 aliphatic rings. The first-order valence-corrected chi connectivity index (χ1v) is 2.77. The van der Waals surface area contributed by atoms with Crippen molar-refractivity contribution in [1.29, 1.82) is 0 Å². The van der Waals surface area contributed by atoms with Gasteiger partial charge in [-0.15, -0.1) is 0 Å². The van der Waals surface area contributed by atoms with E-state index in [4.69, 9.17) is 10.4 Å². The largest absolute Gasteiger partial charge is 0.449 e. The van der Waals surface area contributed by atoms with Gasteiger partial charge in [0.25, 0.3) is 0 Å². The first-order valence-electron chi connectivity index (χ1n) is 2.77. The number of carbonyl (C=O) groups is 2. The van der Waals surface area contributed by atoms with Gasteiger partial charge in [0.2, 0.25) is 0 Å². The van der Waals surface area contributed by atoms with E-state index in [1.807, 2.05) is 0 Å². The van der Waals surface area contributed by atoms with Crippen LogP contribution >= 0.6 is 0 Å². The number of hydrogen-bond donors (Lipinski definition) is 2. The highest BCUT2D eigenvalue weighted by Crippen LogP contribution is 1.93. The molecule has 2 N–H and O–H groups in total. The van der Waals surface area contributed by atoms with Gasteiger partial charge in [-0.3, -0.25) is 4.89 Å². The quantitative estimate of drug-likeness (QED) is 0.313. The third-order valence-electron chi connectivity index (χ3n) is 0.859. The fourth-order valence-corrected chi connectivity index (χ4v) is 0.357. The highest BCUT2D eigenvalue weighted by molar-refractivity contribution is 5.78. The molecule has 1 unspecified atom stereocenters. The molecule has 64 valence electrons. The maximum absolute atomic E-state index is 10.3. The fourth-order valence-electron chi connectivity index (χ4n) is 0.357. The second-order valence-electron chi connectivity index (χ2n) is 1.70. The summed E-state index contributed by atoms with van der Waals surface area (Å²) in [5.41, 5.74) is 0. The van der Waals surface area contributed by atoms with Crippen molar-refractivity contribution in [2.24, 2.45) is 0 Å². The molecule has 0 rings (SSSR count). The van der Waals surface area contributed by atoms with Crippen LogP contribution in [-0.4, -0.2) is 35.0 Å². The van der Waals surface area contributed by atoms with Crippen molar-refractivity contribution in [2.75, 3.05) is 6.61 Å². The van der Waals surface area contributed by atoms with Crippen molar-refractivity contribution >= 4 is 11.9 Å². The normalized spacial score (nSPS) is 11.9. The SMILES string of the molecule is CC(OC(=O)CO)C(=O)OO. The third-order valence-corrected chi connectivity index (χ3v) is 0.859. The molecule has 0 aromatic rings. The van der Waals surface area contributed by atoms with E-state index in [1.165, 1.54) is 6.92 Å². The second-order valence-corrected chi connectivity index (χ2v) is 1.70. The molecule has 0 aromatic carbocycles. The highest BCUT2D eigenvalue weighted by atomic mass is 17.1. The molecule has 0 aromatic heterocycles. The van der Waals surface area contributed by atoms with Crippen molar-refractivity contribution in [2.45, 2.75) is 13.0 Å². The van der Waals surface area contributed by atoms with E-state index in [0.717, 1.165) is 0 Å². The van der Waals surface area contributed by atoms with Crippen LogP contribution in [-0.2, 0) is 19.2 Å². The Morgan fingerprint density at radius 1 is 1.55 bits per heavy atom. The molecule has 0 bridgehead atoms. The predicted molar refractivity (Wildman–Crippen MR) is 31.4 cm³/mol. The molecule has 0 spiro atoms. The molecule has 0 aliphatic heterocycles. The van der Waals surface area contributed by atoms with Crippen molar-refractivity contribution < 1.29 is 29.6 Å². The Bertz CT molecular complexity index is 153. The standard InChI is InChI=1S/C5H8O6/c1-3(5(8)11-9)10-4(7)2-6/h3,6,9H,2H2,1H3. The summed E-state index contributed by atoms with van der Waals surface area (Å²) >= 11 is 0. The molecule has 6 heteroatoms. The van der Waals surface area contributed by atoms with Gasteiger partial charge in [-0.05, 0) is 6.92 Å². The summed E-state index contributed by atoms with van der Waals surface area (Å²) in [6.07, 6.45) is -1.21. The lowest BCUT2D eigenvalue weighted by Crippen LogP contribution is -2.26.